The quantitative estimate of drug-likeness (QED) is 0.689. The summed E-state index contributed by atoms with van der Waals surface area (Å²) < 4.78 is 15.8. The van der Waals surface area contributed by atoms with Crippen LogP contribution in [-0.2, 0) is 10.3 Å². The van der Waals surface area contributed by atoms with Crippen molar-refractivity contribution in [1.29, 1.82) is 0 Å². The minimum atomic E-state index is -0.155. The predicted octanol–water partition coefficient (Wildman–Crippen LogP) is 1.95. The molecule has 0 aromatic heterocycles. The van der Waals surface area contributed by atoms with E-state index >= 15 is 0 Å². The van der Waals surface area contributed by atoms with Gasteiger partial charge >= 0.3 is 0 Å². The maximum atomic E-state index is 5.38. The molecule has 1 saturated heterocycles. The summed E-state index contributed by atoms with van der Waals surface area (Å²) in [6.07, 6.45) is 0. The summed E-state index contributed by atoms with van der Waals surface area (Å²) in [6.45, 7) is 2.81. The van der Waals surface area contributed by atoms with Gasteiger partial charge in [0.2, 0.25) is 0 Å². The zero-order valence-electron chi connectivity index (χ0n) is 8.66. The lowest BCUT2D eigenvalue weighted by Crippen LogP contribution is -2.05. The van der Waals surface area contributed by atoms with Gasteiger partial charge in [-0.1, -0.05) is 0 Å². The number of hydrogen-bond acceptors (Lipinski definition) is 3. The van der Waals surface area contributed by atoms with Gasteiger partial charge in [0.05, 0.1) is 20.8 Å². The van der Waals surface area contributed by atoms with Crippen LogP contribution in [0.15, 0.2) is 18.2 Å². The van der Waals surface area contributed by atoms with Crippen LogP contribution in [0.25, 0.3) is 0 Å². The molecule has 0 bridgehead atoms. The van der Waals surface area contributed by atoms with Gasteiger partial charge in [-0.3, -0.25) is 0 Å². The second-order valence-corrected chi connectivity index (χ2v) is 3.59. The maximum absolute atomic E-state index is 5.38. The molecule has 0 N–H and O–H groups in total. The third-order valence-corrected chi connectivity index (χ3v) is 2.56. The molecule has 1 fully saturated rings. The van der Waals surface area contributed by atoms with Crippen LogP contribution in [0.1, 0.15) is 12.5 Å². The minimum Gasteiger partial charge on any atom is -0.497 e. The maximum Gasteiger partial charge on any atom is 0.128 e. The van der Waals surface area contributed by atoms with Gasteiger partial charge in [-0.25, -0.2) is 0 Å². The highest BCUT2D eigenvalue weighted by Gasteiger charge is 2.43. The molecule has 2 rings (SSSR count). The van der Waals surface area contributed by atoms with Gasteiger partial charge in [-0.2, -0.15) is 0 Å². The van der Waals surface area contributed by atoms with Crippen LogP contribution in [0, 0.1) is 0 Å². The van der Waals surface area contributed by atoms with E-state index in [0.717, 1.165) is 23.7 Å². The molecule has 1 heterocycles. The monoisotopic (exact) mass is 194 g/mol. The fourth-order valence-corrected chi connectivity index (χ4v) is 1.50. The lowest BCUT2D eigenvalue weighted by molar-refractivity contribution is 0.315. The molecule has 1 aliphatic heterocycles. The van der Waals surface area contributed by atoms with Crippen molar-refractivity contribution in [3.8, 4) is 11.5 Å². The van der Waals surface area contributed by atoms with Crippen LogP contribution < -0.4 is 9.47 Å². The average molecular weight is 194 g/mol. The van der Waals surface area contributed by atoms with Gasteiger partial charge in [0, 0.05) is 11.6 Å². The zero-order chi connectivity index (χ0) is 10.2. The second-order valence-electron chi connectivity index (χ2n) is 3.59. The van der Waals surface area contributed by atoms with E-state index in [-0.39, 0.29) is 5.60 Å². The van der Waals surface area contributed by atoms with E-state index < -0.39 is 0 Å². The molecule has 3 heteroatoms. The Labute approximate surface area is 83.6 Å². The Balaban J connectivity index is 2.40. The molecule has 1 aliphatic rings. The molecule has 1 unspecified atom stereocenters. The van der Waals surface area contributed by atoms with Crippen LogP contribution in [0.3, 0.4) is 0 Å². The van der Waals surface area contributed by atoms with Gasteiger partial charge in [-0.15, -0.1) is 0 Å². The highest BCUT2D eigenvalue weighted by Crippen LogP contribution is 2.43. The smallest absolute Gasteiger partial charge is 0.128 e. The van der Waals surface area contributed by atoms with Gasteiger partial charge in [0.25, 0.3) is 0 Å². The fraction of sp³-hybridized carbons (Fsp3) is 0.455. The molecule has 0 saturated carbocycles. The molecule has 1 aromatic carbocycles. The average Bonchev–Trinajstić information content (AvgIpc) is 2.96. The first-order chi connectivity index (χ1) is 6.69. The largest absolute Gasteiger partial charge is 0.497 e. The third-order valence-electron chi connectivity index (χ3n) is 2.56. The summed E-state index contributed by atoms with van der Waals surface area (Å²) in [4.78, 5) is 0. The number of methoxy groups -OCH3 is 2. The fourth-order valence-electron chi connectivity index (χ4n) is 1.50. The Morgan fingerprint density at radius 1 is 1.29 bits per heavy atom. The molecule has 0 aliphatic carbocycles. The van der Waals surface area contributed by atoms with Crippen molar-refractivity contribution in [2.45, 2.75) is 12.5 Å². The van der Waals surface area contributed by atoms with Crippen molar-refractivity contribution >= 4 is 0 Å². The van der Waals surface area contributed by atoms with E-state index in [1.807, 2.05) is 18.2 Å². The van der Waals surface area contributed by atoms with Crippen molar-refractivity contribution in [1.82, 2.24) is 0 Å². The summed E-state index contributed by atoms with van der Waals surface area (Å²) in [7, 11) is 3.30. The van der Waals surface area contributed by atoms with Crippen LogP contribution >= 0.6 is 0 Å². The first-order valence-corrected chi connectivity index (χ1v) is 4.56. The Morgan fingerprint density at radius 3 is 2.50 bits per heavy atom. The molecule has 1 aromatic rings. The molecule has 0 spiro atoms. The summed E-state index contributed by atoms with van der Waals surface area (Å²) >= 11 is 0. The number of ether oxygens (including phenoxy) is 3. The third kappa shape index (κ3) is 1.44. The van der Waals surface area contributed by atoms with Crippen LogP contribution in [0.5, 0.6) is 11.5 Å². The first kappa shape index (κ1) is 9.34. The Morgan fingerprint density at radius 2 is 2.00 bits per heavy atom. The molecule has 14 heavy (non-hydrogen) atoms. The number of rotatable bonds is 3. The Kier molecular flexibility index (Phi) is 2.11. The summed E-state index contributed by atoms with van der Waals surface area (Å²) in [5.41, 5.74) is 0.929. The van der Waals surface area contributed by atoms with E-state index in [1.165, 1.54) is 0 Å². The molecule has 0 amide bonds. The SMILES string of the molecule is COc1ccc(C2(C)CO2)c(OC)c1. The van der Waals surface area contributed by atoms with E-state index in [4.69, 9.17) is 14.2 Å². The Bertz CT molecular complexity index is 342. The first-order valence-electron chi connectivity index (χ1n) is 4.56. The number of benzene rings is 1. The molecule has 1 atom stereocenters. The lowest BCUT2D eigenvalue weighted by atomic mass is 10.0. The van der Waals surface area contributed by atoms with Gasteiger partial charge in [-0.05, 0) is 19.1 Å². The molecular weight excluding hydrogens is 180 g/mol. The standard InChI is InChI=1S/C11H14O3/c1-11(7-14-11)9-5-4-8(12-2)6-10(9)13-3/h4-6H,7H2,1-3H3. The topological polar surface area (TPSA) is 31.0 Å². The van der Waals surface area contributed by atoms with Crippen LogP contribution in [0.4, 0.5) is 0 Å². The van der Waals surface area contributed by atoms with E-state index in [2.05, 4.69) is 6.92 Å². The zero-order valence-corrected chi connectivity index (χ0v) is 8.66. The predicted molar refractivity (Wildman–Crippen MR) is 52.9 cm³/mol. The van der Waals surface area contributed by atoms with Crippen LogP contribution in [-0.4, -0.2) is 20.8 Å². The number of epoxide rings is 1. The highest BCUT2D eigenvalue weighted by molar-refractivity contribution is 5.45. The van der Waals surface area contributed by atoms with Gasteiger partial charge in [0.15, 0.2) is 0 Å². The van der Waals surface area contributed by atoms with E-state index in [0.29, 0.717) is 0 Å². The molecule has 3 nitrogen and oxygen atoms in total. The second kappa shape index (κ2) is 3.17. The van der Waals surface area contributed by atoms with Crippen molar-refractivity contribution in [3.05, 3.63) is 23.8 Å². The summed E-state index contributed by atoms with van der Waals surface area (Å²) in [6, 6.07) is 5.79. The van der Waals surface area contributed by atoms with Crippen molar-refractivity contribution in [2.24, 2.45) is 0 Å². The van der Waals surface area contributed by atoms with Gasteiger partial charge in [0.1, 0.15) is 17.1 Å². The normalized spacial score (nSPS) is 24.5. The Hall–Kier alpha value is -1.22. The molecular formula is C11H14O3. The van der Waals surface area contributed by atoms with Crippen molar-refractivity contribution in [3.63, 3.8) is 0 Å². The van der Waals surface area contributed by atoms with Crippen molar-refractivity contribution in [2.75, 3.05) is 20.8 Å². The molecule has 76 valence electrons. The van der Waals surface area contributed by atoms with Gasteiger partial charge < -0.3 is 14.2 Å². The van der Waals surface area contributed by atoms with Crippen LogP contribution in [0.2, 0.25) is 0 Å². The summed E-state index contributed by atoms with van der Waals surface area (Å²) in [5, 5.41) is 0. The number of hydrogen-bond donors (Lipinski definition) is 0. The summed E-state index contributed by atoms with van der Waals surface area (Å²) in [5.74, 6) is 1.62. The molecule has 0 radical (unpaired) electrons. The lowest BCUT2D eigenvalue weighted by Gasteiger charge is -2.12. The van der Waals surface area contributed by atoms with Crippen molar-refractivity contribution < 1.29 is 14.2 Å². The van der Waals surface area contributed by atoms with E-state index in [1.54, 1.807) is 14.2 Å². The van der Waals surface area contributed by atoms with E-state index in [9.17, 15) is 0 Å². The minimum absolute atomic E-state index is 0.155. The highest BCUT2D eigenvalue weighted by atomic mass is 16.6.